The van der Waals surface area contributed by atoms with Gasteiger partial charge in [-0.3, -0.25) is 14.9 Å². The molecule has 1 N–H and O–H groups in total. The summed E-state index contributed by atoms with van der Waals surface area (Å²) in [5.74, 6) is 0.802. The number of benzene rings is 2. The van der Waals surface area contributed by atoms with Crippen molar-refractivity contribution in [1.82, 2.24) is 9.78 Å². The molecule has 5 nitrogen and oxygen atoms in total. The Morgan fingerprint density at radius 1 is 1.11 bits per heavy atom. The molecule has 0 aliphatic carbocycles. The lowest BCUT2D eigenvalue weighted by Gasteiger charge is -2.04. The van der Waals surface area contributed by atoms with Crippen LogP contribution in [0.4, 0.5) is 5.69 Å². The third-order valence-corrected chi connectivity index (χ3v) is 4.78. The van der Waals surface area contributed by atoms with E-state index in [0.29, 0.717) is 12.1 Å². The van der Waals surface area contributed by atoms with Gasteiger partial charge in [-0.25, -0.2) is 4.68 Å². The van der Waals surface area contributed by atoms with E-state index in [1.54, 1.807) is 18.0 Å². The summed E-state index contributed by atoms with van der Waals surface area (Å²) in [7, 11) is 1.64. The Kier molecular flexibility index (Phi) is 6.48. The lowest BCUT2D eigenvalue weighted by atomic mass is 10.1. The summed E-state index contributed by atoms with van der Waals surface area (Å²) in [6, 6.07) is 15.8. The van der Waals surface area contributed by atoms with E-state index >= 15 is 0 Å². The molecular formula is C23H27N3O2. The largest absolute Gasteiger partial charge is 0.497 e. The average molecular weight is 377 g/mol. The molecule has 0 radical (unpaired) electrons. The van der Waals surface area contributed by atoms with Crippen LogP contribution in [0, 0.1) is 0 Å². The molecule has 0 atom stereocenters. The lowest BCUT2D eigenvalue weighted by Crippen LogP contribution is -2.19. The van der Waals surface area contributed by atoms with Gasteiger partial charge in [0.25, 0.3) is 5.56 Å². The summed E-state index contributed by atoms with van der Waals surface area (Å²) < 4.78 is 6.85. The highest BCUT2D eigenvalue weighted by atomic mass is 16.5. The number of hydrogen-bond donors (Lipinski definition) is 1. The van der Waals surface area contributed by atoms with Crippen LogP contribution in [-0.2, 0) is 19.4 Å². The number of nitrogens with one attached hydrogen (secondary N) is 1. The molecule has 0 aliphatic heterocycles. The second-order valence-electron chi connectivity index (χ2n) is 6.73. The molecule has 0 saturated heterocycles. The van der Waals surface area contributed by atoms with Gasteiger partial charge in [0.2, 0.25) is 0 Å². The molecule has 0 saturated carbocycles. The summed E-state index contributed by atoms with van der Waals surface area (Å²) in [5.41, 5.74) is 4.64. The second kappa shape index (κ2) is 9.22. The predicted molar refractivity (Wildman–Crippen MR) is 114 cm³/mol. The highest BCUT2D eigenvalue weighted by Crippen LogP contribution is 2.19. The molecule has 1 aromatic heterocycles. The molecule has 5 heteroatoms. The zero-order chi connectivity index (χ0) is 19.9. The number of para-hydroxylation sites is 1. The Bertz CT molecular complexity index is 997. The average Bonchev–Trinajstić information content (AvgIpc) is 3.02. The van der Waals surface area contributed by atoms with Crippen molar-refractivity contribution in [3.8, 4) is 5.75 Å². The van der Waals surface area contributed by atoms with Crippen molar-refractivity contribution in [2.24, 2.45) is 4.99 Å². The first-order valence-corrected chi connectivity index (χ1v) is 9.72. The molecule has 0 fully saturated rings. The molecule has 3 aromatic rings. The molecule has 28 heavy (non-hydrogen) atoms. The zero-order valence-electron chi connectivity index (χ0n) is 16.7. The van der Waals surface area contributed by atoms with Crippen LogP contribution in [0.3, 0.4) is 0 Å². The van der Waals surface area contributed by atoms with Gasteiger partial charge in [-0.15, -0.1) is 0 Å². The van der Waals surface area contributed by atoms with Gasteiger partial charge in [0.1, 0.15) is 5.75 Å². The van der Waals surface area contributed by atoms with Crippen molar-refractivity contribution in [3.63, 3.8) is 0 Å². The fourth-order valence-electron chi connectivity index (χ4n) is 3.22. The number of aromatic nitrogens is 2. The number of ether oxygens (including phenoxy) is 1. The Morgan fingerprint density at radius 2 is 1.86 bits per heavy atom. The molecule has 0 unspecified atom stereocenters. The van der Waals surface area contributed by atoms with Crippen LogP contribution in [0.15, 0.2) is 58.3 Å². The second-order valence-corrected chi connectivity index (χ2v) is 6.73. The van der Waals surface area contributed by atoms with E-state index in [0.717, 1.165) is 42.0 Å². The van der Waals surface area contributed by atoms with E-state index in [1.807, 2.05) is 42.5 Å². The molecule has 0 bridgehead atoms. The quantitative estimate of drug-likeness (QED) is 0.588. The third-order valence-electron chi connectivity index (χ3n) is 4.78. The van der Waals surface area contributed by atoms with Gasteiger partial charge >= 0.3 is 0 Å². The number of hydrogen-bond acceptors (Lipinski definition) is 3. The smallest absolute Gasteiger partial charge is 0.275 e. The summed E-state index contributed by atoms with van der Waals surface area (Å²) in [4.78, 5) is 17.6. The van der Waals surface area contributed by atoms with Crippen LogP contribution in [0.1, 0.15) is 42.7 Å². The normalized spacial score (nSPS) is 11.2. The van der Waals surface area contributed by atoms with Crippen LogP contribution in [0.2, 0.25) is 0 Å². The number of aromatic amines is 1. The lowest BCUT2D eigenvalue weighted by molar-refractivity contribution is 0.414. The fourth-order valence-corrected chi connectivity index (χ4v) is 3.22. The molecule has 1 heterocycles. The maximum absolute atomic E-state index is 13.0. The van der Waals surface area contributed by atoms with Crippen molar-refractivity contribution in [2.45, 2.75) is 39.7 Å². The van der Waals surface area contributed by atoms with Gasteiger partial charge in [0.05, 0.1) is 24.9 Å². The molecule has 0 amide bonds. The van der Waals surface area contributed by atoms with Gasteiger partial charge in [-0.1, -0.05) is 50.6 Å². The molecule has 0 spiro atoms. The predicted octanol–water partition coefficient (Wildman–Crippen LogP) is 4.50. The van der Waals surface area contributed by atoms with E-state index in [9.17, 15) is 4.79 Å². The Morgan fingerprint density at radius 3 is 2.54 bits per heavy atom. The van der Waals surface area contributed by atoms with E-state index in [1.165, 1.54) is 5.56 Å². The number of methoxy groups -OCH3 is 1. The highest BCUT2D eigenvalue weighted by Gasteiger charge is 2.12. The Balaban J connectivity index is 1.92. The van der Waals surface area contributed by atoms with Crippen LogP contribution in [-0.4, -0.2) is 23.1 Å². The Hall–Kier alpha value is -3.08. The van der Waals surface area contributed by atoms with Crippen molar-refractivity contribution >= 4 is 11.9 Å². The van der Waals surface area contributed by atoms with Crippen molar-refractivity contribution in [2.75, 3.05) is 7.11 Å². The number of aliphatic imine (C=N–C) groups is 1. The Labute approximate surface area is 165 Å². The van der Waals surface area contributed by atoms with Gasteiger partial charge in [0.15, 0.2) is 0 Å². The van der Waals surface area contributed by atoms with E-state index < -0.39 is 0 Å². The van der Waals surface area contributed by atoms with E-state index in [-0.39, 0.29) is 5.56 Å². The van der Waals surface area contributed by atoms with Crippen LogP contribution in [0.5, 0.6) is 5.75 Å². The summed E-state index contributed by atoms with van der Waals surface area (Å²) in [5, 5.41) is 3.27. The topological polar surface area (TPSA) is 59.4 Å². The number of nitrogens with zero attached hydrogens (tertiary/aromatic N) is 2. The molecule has 2 aromatic carbocycles. The van der Waals surface area contributed by atoms with Gasteiger partial charge < -0.3 is 4.74 Å². The third kappa shape index (κ3) is 4.42. The van der Waals surface area contributed by atoms with Crippen LogP contribution >= 0.6 is 0 Å². The first-order chi connectivity index (χ1) is 13.7. The summed E-state index contributed by atoms with van der Waals surface area (Å²) >= 11 is 0. The zero-order valence-corrected chi connectivity index (χ0v) is 16.7. The van der Waals surface area contributed by atoms with Crippen molar-refractivity contribution < 1.29 is 4.74 Å². The summed E-state index contributed by atoms with van der Waals surface area (Å²) in [6.45, 7) is 4.69. The minimum atomic E-state index is -0.0444. The van der Waals surface area contributed by atoms with Gasteiger partial charge in [0, 0.05) is 11.9 Å². The monoisotopic (exact) mass is 377 g/mol. The fraction of sp³-hybridized carbons (Fsp3) is 0.304. The molecule has 146 valence electrons. The van der Waals surface area contributed by atoms with Crippen LogP contribution < -0.4 is 10.3 Å². The SMILES string of the molecule is CCCc1[nH]n(Cc2ccc(OC)cc2)c(=O)c1C=Nc1ccccc1CC. The maximum atomic E-state index is 13.0. The number of rotatable bonds is 8. The van der Waals surface area contributed by atoms with Crippen LogP contribution in [0.25, 0.3) is 0 Å². The molecular weight excluding hydrogens is 350 g/mol. The first-order valence-electron chi connectivity index (χ1n) is 9.72. The minimum Gasteiger partial charge on any atom is -0.497 e. The first kappa shape index (κ1) is 19.7. The summed E-state index contributed by atoms with van der Waals surface area (Å²) in [6.07, 6.45) is 4.38. The molecule has 0 aliphatic rings. The number of H-pyrrole nitrogens is 1. The highest BCUT2D eigenvalue weighted by molar-refractivity contribution is 5.83. The van der Waals surface area contributed by atoms with Crippen molar-refractivity contribution in [3.05, 3.63) is 81.3 Å². The maximum Gasteiger partial charge on any atom is 0.275 e. The molecule has 3 rings (SSSR count). The van der Waals surface area contributed by atoms with Crippen molar-refractivity contribution in [1.29, 1.82) is 0 Å². The van der Waals surface area contributed by atoms with E-state index in [2.05, 4.69) is 30.0 Å². The van der Waals surface area contributed by atoms with E-state index in [4.69, 9.17) is 4.74 Å². The van der Waals surface area contributed by atoms with Gasteiger partial charge in [-0.05, 0) is 42.2 Å². The number of aryl methyl sites for hydroxylation is 2. The minimum absolute atomic E-state index is 0.0444. The standard InChI is InChI=1S/C23H27N3O2/c1-4-8-22-20(15-24-21-10-7-6-9-18(21)5-2)23(27)26(25-22)16-17-11-13-19(28-3)14-12-17/h6-7,9-15,25H,4-5,8,16H2,1-3H3. The van der Waals surface area contributed by atoms with Gasteiger partial charge in [-0.2, -0.15) is 0 Å².